The summed E-state index contributed by atoms with van der Waals surface area (Å²) in [4.78, 5) is 32.5. The molecule has 1 atom stereocenters. The highest BCUT2D eigenvalue weighted by Crippen LogP contribution is 2.36. The van der Waals surface area contributed by atoms with Crippen molar-refractivity contribution in [3.05, 3.63) is 68.3 Å². The molecule has 1 aliphatic rings. The lowest BCUT2D eigenvalue weighted by molar-refractivity contribution is -0.118. The predicted octanol–water partition coefficient (Wildman–Crippen LogP) is 4.83. The van der Waals surface area contributed by atoms with E-state index in [0.717, 1.165) is 35.0 Å². The second-order valence-corrected chi connectivity index (χ2v) is 10.3. The first-order chi connectivity index (χ1) is 15.0. The summed E-state index contributed by atoms with van der Waals surface area (Å²) >= 11 is 8.81. The number of benzene rings is 1. The number of carbonyl (C=O) groups excluding carboxylic acids is 1. The van der Waals surface area contributed by atoms with Crippen LogP contribution < -0.4 is 10.9 Å². The second-order valence-electron chi connectivity index (χ2n) is 7.82. The van der Waals surface area contributed by atoms with Crippen LogP contribution in [0.3, 0.4) is 0 Å². The largest absolute Gasteiger partial charge is 0.351 e. The Hall–Kier alpha value is -2.09. The molecule has 2 heterocycles. The Morgan fingerprint density at radius 3 is 2.94 bits per heavy atom. The molecule has 162 valence electrons. The van der Waals surface area contributed by atoms with Crippen LogP contribution in [0.25, 0.3) is 10.2 Å². The number of halogens is 1. The minimum absolute atomic E-state index is 0.0268. The SMILES string of the molecule is C=CCn1c(SCC(=O)NCc2ccc(Cl)cc2)nc2sc3c(c2c1=O)CCC(C)C3. The quantitative estimate of drug-likeness (QED) is 0.303. The van der Waals surface area contributed by atoms with Gasteiger partial charge in [0.2, 0.25) is 5.91 Å². The summed E-state index contributed by atoms with van der Waals surface area (Å²) in [5.41, 5.74) is 2.12. The minimum atomic E-state index is -0.112. The molecule has 31 heavy (non-hydrogen) atoms. The molecule has 0 fully saturated rings. The fourth-order valence-corrected chi connectivity index (χ4v) is 6.18. The van der Waals surface area contributed by atoms with E-state index in [1.807, 2.05) is 12.1 Å². The van der Waals surface area contributed by atoms with Gasteiger partial charge < -0.3 is 5.32 Å². The van der Waals surface area contributed by atoms with Gasteiger partial charge in [-0.05, 0) is 48.4 Å². The van der Waals surface area contributed by atoms with Crippen molar-refractivity contribution in [2.75, 3.05) is 5.75 Å². The molecule has 0 saturated heterocycles. The molecule has 0 aliphatic heterocycles. The maximum atomic E-state index is 13.3. The summed E-state index contributed by atoms with van der Waals surface area (Å²) in [5.74, 6) is 0.707. The number of aromatic nitrogens is 2. The van der Waals surface area contributed by atoms with Crippen LogP contribution in [0.1, 0.15) is 29.3 Å². The van der Waals surface area contributed by atoms with Crippen LogP contribution in [0.4, 0.5) is 0 Å². The van der Waals surface area contributed by atoms with Gasteiger partial charge in [0.1, 0.15) is 4.83 Å². The number of hydrogen-bond donors (Lipinski definition) is 1. The molecule has 4 rings (SSSR count). The van der Waals surface area contributed by atoms with Crippen LogP contribution in [0, 0.1) is 5.92 Å². The number of thioether (sulfide) groups is 1. The maximum Gasteiger partial charge on any atom is 0.263 e. The van der Waals surface area contributed by atoms with Crippen molar-refractivity contribution in [3.63, 3.8) is 0 Å². The highest BCUT2D eigenvalue weighted by molar-refractivity contribution is 7.99. The fraction of sp³-hybridized carbons (Fsp3) is 0.348. The minimum Gasteiger partial charge on any atom is -0.351 e. The molecule has 0 radical (unpaired) electrons. The van der Waals surface area contributed by atoms with Crippen LogP contribution in [-0.4, -0.2) is 21.2 Å². The Kier molecular flexibility index (Phi) is 6.84. The van der Waals surface area contributed by atoms with Gasteiger partial charge >= 0.3 is 0 Å². The molecule has 1 aromatic carbocycles. The summed E-state index contributed by atoms with van der Waals surface area (Å²) in [5, 5.41) is 4.88. The first-order valence-electron chi connectivity index (χ1n) is 10.3. The molecule has 0 saturated carbocycles. The van der Waals surface area contributed by atoms with Crippen molar-refractivity contribution < 1.29 is 4.79 Å². The topological polar surface area (TPSA) is 64.0 Å². The number of nitrogens with zero attached hydrogens (tertiary/aromatic N) is 2. The van der Waals surface area contributed by atoms with Crippen molar-refractivity contribution in [3.8, 4) is 0 Å². The first kappa shape index (κ1) is 22.1. The second kappa shape index (κ2) is 9.59. The third-order valence-corrected chi connectivity index (χ3v) is 7.80. The van der Waals surface area contributed by atoms with E-state index in [4.69, 9.17) is 16.6 Å². The maximum absolute atomic E-state index is 13.3. The number of carbonyl (C=O) groups is 1. The average molecular weight is 474 g/mol. The smallest absolute Gasteiger partial charge is 0.263 e. The van der Waals surface area contributed by atoms with E-state index in [-0.39, 0.29) is 17.2 Å². The third kappa shape index (κ3) is 4.89. The fourth-order valence-electron chi connectivity index (χ4n) is 3.79. The standard InChI is InChI=1S/C23H24ClN3O2S2/c1-3-10-27-22(29)20-17-9-4-14(2)11-18(17)31-21(20)26-23(27)30-13-19(28)25-12-15-5-7-16(24)8-6-15/h3,5-8,14H,1,4,9-13H2,2H3,(H,25,28). The zero-order valence-electron chi connectivity index (χ0n) is 17.3. The van der Waals surface area contributed by atoms with E-state index < -0.39 is 0 Å². The highest BCUT2D eigenvalue weighted by atomic mass is 35.5. The number of aryl methyl sites for hydroxylation is 1. The normalized spacial score (nSPS) is 15.6. The molecule has 1 N–H and O–H groups in total. The van der Waals surface area contributed by atoms with Gasteiger partial charge in [0, 0.05) is 23.0 Å². The van der Waals surface area contributed by atoms with Crippen LogP contribution in [-0.2, 0) is 30.7 Å². The Morgan fingerprint density at radius 2 is 2.19 bits per heavy atom. The van der Waals surface area contributed by atoms with Crippen LogP contribution in [0.2, 0.25) is 5.02 Å². The van der Waals surface area contributed by atoms with E-state index >= 15 is 0 Å². The summed E-state index contributed by atoms with van der Waals surface area (Å²) < 4.78 is 1.64. The van der Waals surface area contributed by atoms with Crippen LogP contribution in [0.5, 0.6) is 0 Å². The summed E-state index contributed by atoms with van der Waals surface area (Å²) in [6.45, 7) is 6.84. The molecule has 1 unspecified atom stereocenters. The van der Waals surface area contributed by atoms with Crippen LogP contribution in [0.15, 0.2) is 46.9 Å². The molecular weight excluding hydrogens is 450 g/mol. The van der Waals surface area contributed by atoms with E-state index in [9.17, 15) is 9.59 Å². The van der Waals surface area contributed by atoms with Gasteiger partial charge in [0.05, 0.1) is 11.1 Å². The van der Waals surface area contributed by atoms with Gasteiger partial charge in [-0.2, -0.15) is 0 Å². The number of fused-ring (bicyclic) bond motifs is 3. The van der Waals surface area contributed by atoms with Gasteiger partial charge in [-0.3, -0.25) is 14.2 Å². The molecular formula is C23H24ClN3O2S2. The molecule has 2 aromatic heterocycles. The monoisotopic (exact) mass is 473 g/mol. The molecule has 1 amide bonds. The van der Waals surface area contributed by atoms with Gasteiger partial charge in [0.25, 0.3) is 5.56 Å². The summed E-state index contributed by atoms with van der Waals surface area (Å²) in [7, 11) is 0. The zero-order chi connectivity index (χ0) is 22.0. The van der Waals surface area contributed by atoms with Crippen molar-refractivity contribution in [2.45, 2.75) is 44.4 Å². The average Bonchev–Trinajstić information content (AvgIpc) is 3.11. The van der Waals surface area contributed by atoms with Gasteiger partial charge in [-0.1, -0.05) is 48.5 Å². The Morgan fingerprint density at radius 1 is 1.42 bits per heavy atom. The predicted molar refractivity (Wildman–Crippen MR) is 129 cm³/mol. The van der Waals surface area contributed by atoms with Gasteiger partial charge in [-0.25, -0.2) is 4.98 Å². The van der Waals surface area contributed by atoms with Crippen LogP contribution >= 0.6 is 34.7 Å². The van der Waals surface area contributed by atoms with E-state index in [1.165, 1.54) is 22.2 Å². The van der Waals surface area contributed by atoms with E-state index in [0.29, 0.717) is 29.2 Å². The Balaban J connectivity index is 1.53. The molecule has 0 bridgehead atoms. The molecule has 1 aliphatic carbocycles. The summed E-state index contributed by atoms with van der Waals surface area (Å²) in [6, 6.07) is 7.36. The Bertz CT molecular complexity index is 1180. The van der Waals surface area contributed by atoms with E-state index in [1.54, 1.807) is 34.1 Å². The Labute approximate surface area is 194 Å². The number of thiophene rings is 1. The number of amides is 1. The zero-order valence-corrected chi connectivity index (χ0v) is 19.7. The number of rotatable bonds is 7. The van der Waals surface area contributed by atoms with Gasteiger partial charge in [0.15, 0.2) is 5.16 Å². The van der Waals surface area contributed by atoms with Crippen molar-refractivity contribution in [2.24, 2.45) is 5.92 Å². The lowest BCUT2D eigenvalue weighted by atomic mass is 9.89. The summed E-state index contributed by atoms with van der Waals surface area (Å²) in [6.07, 6.45) is 4.73. The lowest BCUT2D eigenvalue weighted by Crippen LogP contribution is -2.26. The molecule has 8 heteroatoms. The highest BCUT2D eigenvalue weighted by Gasteiger charge is 2.24. The molecule has 3 aromatic rings. The first-order valence-corrected chi connectivity index (χ1v) is 12.4. The number of hydrogen-bond acceptors (Lipinski definition) is 5. The molecule has 5 nitrogen and oxygen atoms in total. The third-order valence-electron chi connectivity index (χ3n) is 5.43. The van der Waals surface area contributed by atoms with Crippen molar-refractivity contribution in [1.82, 2.24) is 14.9 Å². The van der Waals surface area contributed by atoms with E-state index in [2.05, 4.69) is 18.8 Å². The number of allylic oxidation sites excluding steroid dienone is 1. The number of nitrogens with one attached hydrogen (secondary N) is 1. The van der Waals surface area contributed by atoms with Crippen molar-refractivity contribution in [1.29, 1.82) is 0 Å². The van der Waals surface area contributed by atoms with Crippen molar-refractivity contribution >= 4 is 50.8 Å². The van der Waals surface area contributed by atoms with Gasteiger partial charge in [-0.15, -0.1) is 17.9 Å². The molecule has 0 spiro atoms. The lowest BCUT2D eigenvalue weighted by Gasteiger charge is -2.17.